The maximum Gasteiger partial charge on any atom is 0.0271 e. The maximum atomic E-state index is 4.00. The number of aromatic nitrogens is 1. The standard InChI is InChI=1S/C15H18N2/c1-2-13-3-5-14(6-4-13)11-17-12-15-7-9-16-10-8-15/h3-10,17H,2,11-12H2,1H3. The zero-order valence-electron chi connectivity index (χ0n) is 10.2. The van der Waals surface area contributed by atoms with Gasteiger partial charge in [0.1, 0.15) is 0 Å². The third kappa shape index (κ3) is 3.68. The molecule has 0 saturated heterocycles. The molecule has 88 valence electrons. The van der Waals surface area contributed by atoms with Gasteiger partial charge in [-0.25, -0.2) is 0 Å². The van der Waals surface area contributed by atoms with Crippen molar-refractivity contribution in [1.82, 2.24) is 10.3 Å². The van der Waals surface area contributed by atoms with Crippen molar-refractivity contribution in [2.24, 2.45) is 0 Å². The molecule has 0 fully saturated rings. The van der Waals surface area contributed by atoms with E-state index >= 15 is 0 Å². The Bertz CT molecular complexity index is 434. The van der Waals surface area contributed by atoms with E-state index in [1.165, 1.54) is 16.7 Å². The largest absolute Gasteiger partial charge is 0.309 e. The SMILES string of the molecule is CCc1ccc(CNCc2ccncc2)cc1. The Hall–Kier alpha value is -1.67. The number of hydrogen-bond donors (Lipinski definition) is 1. The molecule has 0 bridgehead atoms. The Morgan fingerprint density at radius 1 is 0.824 bits per heavy atom. The third-order valence-electron chi connectivity index (χ3n) is 2.84. The molecule has 0 saturated carbocycles. The van der Waals surface area contributed by atoms with Gasteiger partial charge in [-0.15, -0.1) is 0 Å². The summed E-state index contributed by atoms with van der Waals surface area (Å²) in [6.45, 7) is 3.97. The van der Waals surface area contributed by atoms with E-state index in [4.69, 9.17) is 0 Å². The van der Waals surface area contributed by atoms with Gasteiger partial charge in [0, 0.05) is 25.5 Å². The van der Waals surface area contributed by atoms with E-state index in [0.29, 0.717) is 0 Å². The zero-order chi connectivity index (χ0) is 11.9. The molecule has 1 aromatic heterocycles. The Balaban J connectivity index is 1.82. The minimum atomic E-state index is 0.887. The normalized spacial score (nSPS) is 10.4. The second kappa shape index (κ2) is 6.16. The summed E-state index contributed by atoms with van der Waals surface area (Å²) < 4.78 is 0. The second-order valence-electron chi connectivity index (χ2n) is 4.13. The molecule has 0 aliphatic heterocycles. The Labute approximate surface area is 103 Å². The first kappa shape index (κ1) is 11.8. The van der Waals surface area contributed by atoms with E-state index in [2.05, 4.69) is 41.5 Å². The fourth-order valence-electron chi connectivity index (χ4n) is 1.74. The zero-order valence-corrected chi connectivity index (χ0v) is 10.2. The Kier molecular flexibility index (Phi) is 4.28. The molecule has 0 aliphatic rings. The maximum absolute atomic E-state index is 4.00. The van der Waals surface area contributed by atoms with Crippen LogP contribution < -0.4 is 5.32 Å². The van der Waals surface area contributed by atoms with Crippen molar-refractivity contribution < 1.29 is 0 Å². The summed E-state index contributed by atoms with van der Waals surface area (Å²) in [7, 11) is 0. The highest BCUT2D eigenvalue weighted by atomic mass is 14.8. The number of aryl methyl sites for hydroxylation is 1. The summed E-state index contributed by atoms with van der Waals surface area (Å²) >= 11 is 0. The fraction of sp³-hybridized carbons (Fsp3) is 0.267. The number of benzene rings is 1. The van der Waals surface area contributed by atoms with E-state index in [0.717, 1.165) is 19.5 Å². The first-order valence-corrected chi connectivity index (χ1v) is 6.06. The summed E-state index contributed by atoms with van der Waals surface area (Å²) in [5.74, 6) is 0. The van der Waals surface area contributed by atoms with Gasteiger partial charge in [-0.1, -0.05) is 31.2 Å². The Morgan fingerprint density at radius 2 is 1.35 bits per heavy atom. The van der Waals surface area contributed by atoms with Gasteiger partial charge in [0.15, 0.2) is 0 Å². The predicted octanol–water partition coefficient (Wildman–Crippen LogP) is 2.93. The highest BCUT2D eigenvalue weighted by molar-refractivity contribution is 5.22. The van der Waals surface area contributed by atoms with Gasteiger partial charge in [-0.3, -0.25) is 4.98 Å². The summed E-state index contributed by atoms with van der Waals surface area (Å²) in [4.78, 5) is 4.00. The van der Waals surface area contributed by atoms with E-state index in [-0.39, 0.29) is 0 Å². The molecule has 2 aromatic rings. The monoisotopic (exact) mass is 226 g/mol. The molecule has 0 atom stereocenters. The minimum Gasteiger partial charge on any atom is -0.309 e. The second-order valence-corrected chi connectivity index (χ2v) is 4.13. The van der Waals surface area contributed by atoms with Crippen molar-refractivity contribution in [3.05, 3.63) is 65.5 Å². The van der Waals surface area contributed by atoms with E-state index < -0.39 is 0 Å². The van der Waals surface area contributed by atoms with Crippen LogP contribution in [-0.4, -0.2) is 4.98 Å². The van der Waals surface area contributed by atoms with Crippen LogP contribution in [0, 0.1) is 0 Å². The molecule has 1 N–H and O–H groups in total. The van der Waals surface area contributed by atoms with Gasteiger partial charge in [0.25, 0.3) is 0 Å². The van der Waals surface area contributed by atoms with Gasteiger partial charge >= 0.3 is 0 Å². The lowest BCUT2D eigenvalue weighted by atomic mass is 10.1. The first-order valence-electron chi connectivity index (χ1n) is 6.06. The average Bonchev–Trinajstić information content (AvgIpc) is 2.41. The summed E-state index contributed by atoms with van der Waals surface area (Å²) in [6.07, 6.45) is 4.75. The predicted molar refractivity (Wildman–Crippen MR) is 70.6 cm³/mol. The summed E-state index contributed by atoms with van der Waals surface area (Å²) in [5, 5.41) is 3.43. The van der Waals surface area contributed by atoms with Crippen LogP contribution in [0.25, 0.3) is 0 Å². The van der Waals surface area contributed by atoms with Crippen LogP contribution in [0.2, 0.25) is 0 Å². The number of hydrogen-bond acceptors (Lipinski definition) is 2. The van der Waals surface area contributed by atoms with Crippen LogP contribution in [0.15, 0.2) is 48.8 Å². The lowest BCUT2D eigenvalue weighted by molar-refractivity contribution is 0.692. The molecule has 0 aliphatic carbocycles. The number of rotatable bonds is 5. The summed E-state index contributed by atoms with van der Waals surface area (Å²) in [6, 6.07) is 12.9. The average molecular weight is 226 g/mol. The van der Waals surface area contributed by atoms with Crippen LogP contribution >= 0.6 is 0 Å². The fourth-order valence-corrected chi connectivity index (χ4v) is 1.74. The van der Waals surface area contributed by atoms with Crippen LogP contribution in [0.4, 0.5) is 0 Å². The van der Waals surface area contributed by atoms with Crippen molar-refractivity contribution in [3.63, 3.8) is 0 Å². The van der Waals surface area contributed by atoms with Gasteiger partial charge in [-0.05, 0) is 35.2 Å². The van der Waals surface area contributed by atoms with Crippen molar-refractivity contribution >= 4 is 0 Å². The van der Waals surface area contributed by atoms with Crippen LogP contribution in [-0.2, 0) is 19.5 Å². The number of pyridine rings is 1. The van der Waals surface area contributed by atoms with Crippen molar-refractivity contribution in [2.45, 2.75) is 26.4 Å². The molecule has 1 heterocycles. The highest BCUT2D eigenvalue weighted by Crippen LogP contribution is 2.05. The van der Waals surface area contributed by atoms with Gasteiger partial charge < -0.3 is 5.32 Å². The van der Waals surface area contributed by atoms with Gasteiger partial charge in [-0.2, -0.15) is 0 Å². The smallest absolute Gasteiger partial charge is 0.0271 e. The van der Waals surface area contributed by atoms with E-state index in [9.17, 15) is 0 Å². The van der Waals surface area contributed by atoms with Crippen LogP contribution in [0.5, 0.6) is 0 Å². The Morgan fingerprint density at radius 3 is 1.94 bits per heavy atom. The molecule has 1 aromatic carbocycles. The lowest BCUT2D eigenvalue weighted by Crippen LogP contribution is -2.12. The van der Waals surface area contributed by atoms with Gasteiger partial charge in [0.05, 0.1) is 0 Å². The highest BCUT2D eigenvalue weighted by Gasteiger charge is 1.94. The molecule has 0 amide bonds. The number of nitrogens with zero attached hydrogens (tertiary/aromatic N) is 1. The molecular formula is C15H18N2. The molecule has 17 heavy (non-hydrogen) atoms. The molecule has 0 spiro atoms. The lowest BCUT2D eigenvalue weighted by Gasteiger charge is -2.05. The third-order valence-corrected chi connectivity index (χ3v) is 2.84. The van der Waals surface area contributed by atoms with Crippen molar-refractivity contribution in [1.29, 1.82) is 0 Å². The van der Waals surface area contributed by atoms with E-state index in [1.807, 2.05) is 24.5 Å². The van der Waals surface area contributed by atoms with Crippen molar-refractivity contribution in [2.75, 3.05) is 0 Å². The van der Waals surface area contributed by atoms with E-state index in [1.54, 1.807) is 0 Å². The quantitative estimate of drug-likeness (QED) is 0.848. The minimum absolute atomic E-state index is 0.887. The first-order chi connectivity index (χ1) is 8.38. The molecule has 0 unspecified atom stereocenters. The molecule has 2 heteroatoms. The molecule has 2 nitrogen and oxygen atoms in total. The molecular weight excluding hydrogens is 208 g/mol. The number of nitrogens with one attached hydrogen (secondary N) is 1. The topological polar surface area (TPSA) is 24.9 Å². The summed E-state index contributed by atoms with van der Waals surface area (Å²) in [5.41, 5.74) is 3.99. The van der Waals surface area contributed by atoms with Gasteiger partial charge in [0.2, 0.25) is 0 Å². The molecule has 2 rings (SSSR count). The molecule has 0 radical (unpaired) electrons. The van der Waals surface area contributed by atoms with Crippen LogP contribution in [0.3, 0.4) is 0 Å². The van der Waals surface area contributed by atoms with Crippen LogP contribution in [0.1, 0.15) is 23.6 Å². The van der Waals surface area contributed by atoms with Crippen molar-refractivity contribution in [3.8, 4) is 0 Å².